The average Bonchev–Trinajstić information content (AvgIpc) is 1.17. The summed E-state index contributed by atoms with van der Waals surface area (Å²) < 4.78 is 5.08. The Morgan fingerprint density at radius 1 is 0.265 bits per heavy atom. The zero-order valence-corrected chi connectivity index (χ0v) is 59.4. The van der Waals surface area contributed by atoms with Crippen molar-refractivity contribution in [1.29, 1.82) is 0 Å². The quantitative estimate of drug-likeness (QED) is 0.141. The molecule has 1 aliphatic carbocycles. The predicted molar refractivity (Wildman–Crippen MR) is 433 cm³/mol. The van der Waals surface area contributed by atoms with Crippen LogP contribution in [0, 0.1) is 0 Å². The largest absolute Gasteiger partial charge is 0.311 e. The lowest BCUT2D eigenvalue weighted by Gasteiger charge is -2.46. The van der Waals surface area contributed by atoms with Crippen LogP contribution >= 0.6 is 0 Å². The van der Waals surface area contributed by atoms with Gasteiger partial charge >= 0.3 is 0 Å². The standard InChI is InChI=1S/C97H79BN4/c1-94(2,3)66-46-52-86(75(54-66)62-30-14-10-15-31-62)101-89-58-69(99-83-43-27-23-39-72(83)73-40-24-28-44-84(73)99)48-50-81(89)98-82-51-49-70(59-90(82)102(92-57-68(96(7,8)9)56-91(101)93(92)98)87-53-47-67(95(4,5)6)55-76(87)63-32-16-11-17-33-63)100-85-45-29-25-41-74(85)78-60-77-71-38-22-26-42-79(71)97(80(77)61-88(78)100,64-34-18-12-19-35-64)65-36-20-13-21-37-65/h10-61H,1-9H3. The van der Waals surface area contributed by atoms with Gasteiger partial charge < -0.3 is 18.9 Å². The maximum Gasteiger partial charge on any atom is 0.252 e. The zero-order chi connectivity index (χ0) is 69.1. The molecule has 4 heterocycles. The number of para-hydroxylation sites is 3. The predicted octanol–water partition coefficient (Wildman–Crippen LogP) is 23.6. The highest BCUT2D eigenvalue weighted by molar-refractivity contribution is 7.00. The number of anilines is 6. The van der Waals surface area contributed by atoms with Crippen LogP contribution in [-0.4, -0.2) is 15.8 Å². The van der Waals surface area contributed by atoms with Crippen molar-refractivity contribution in [1.82, 2.24) is 9.13 Å². The van der Waals surface area contributed by atoms with E-state index in [4.69, 9.17) is 0 Å². The molecule has 4 nitrogen and oxygen atoms in total. The third-order valence-corrected chi connectivity index (χ3v) is 22.6. The van der Waals surface area contributed by atoms with Crippen LogP contribution in [0.4, 0.5) is 34.1 Å². The molecule has 0 N–H and O–H groups in total. The van der Waals surface area contributed by atoms with Crippen LogP contribution in [0.5, 0.6) is 0 Å². The summed E-state index contributed by atoms with van der Waals surface area (Å²) in [5.41, 5.74) is 32.7. The molecule has 0 saturated heterocycles. The second-order valence-corrected chi connectivity index (χ2v) is 31.6. The summed E-state index contributed by atoms with van der Waals surface area (Å²) in [6.07, 6.45) is 0. The molecule has 0 amide bonds. The van der Waals surface area contributed by atoms with Crippen molar-refractivity contribution in [3.05, 3.63) is 354 Å². The molecule has 5 heteroatoms. The van der Waals surface area contributed by atoms with Gasteiger partial charge in [-0.05, 0) is 185 Å². The summed E-state index contributed by atoms with van der Waals surface area (Å²) >= 11 is 0. The van der Waals surface area contributed by atoms with Crippen molar-refractivity contribution in [2.45, 2.75) is 84.0 Å². The lowest BCUT2D eigenvalue weighted by Crippen LogP contribution is -2.61. The Hall–Kier alpha value is -11.7. The zero-order valence-electron chi connectivity index (χ0n) is 59.4. The van der Waals surface area contributed by atoms with E-state index in [1.54, 1.807) is 0 Å². The first kappa shape index (κ1) is 61.4. The van der Waals surface area contributed by atoms with Gasteiger partial charge in [0.05, 0.1) is 38.9 Å². The molecule has 0 fully saturated rings. The minimum absolute atomic E-state index is 0.107. The molecule has 0 atom stereocenters. The van der Waals surface area contributed by atoms with E-state index < -0.39 is 5.41 Å². The Bertz CT molecular complexity index is 5980. The van der Waals surface area contributed by atoms with Crippen LogP contribution in [-0.2, 0) is 21.7 Å². The monoisotopic (exact) mass is 1310 g/mol. The molecule has 0 radical (unpaired) electrons. The second-order valence-electron chi connectivity index (χ2n) is 31.6. The molecule has 0 unspecified atom stereocenters. The molecule has 102 heavy (non-hydrogen) atoms. The van der Waals surface area contributed by atoms with Crippen LogP contribution in [0.2, 0.25) is 0 Å². The van der Waals surface area contributed by atoms with Gasteiger partial charge in [-0.2, -0.15) is 0 Å². The van der Waals surface area contributed by atoms with E-state index in [0.717, 1.165) is 39.6 Å². The number of aromatic nitrogens is 2. The van der Waals surface area contributed by atoms with Crippen molar-refractivity contribution in [2.75, 3.05) is 9.80 Å². The van der Waals surface area contributed by atoms with Gasteiger partial charge in [0.25, 0.3) is 6.71 Å². The Morgan fingerprint density at radius 2 is 0.667 bits per heavy atom. The normalized spacial score (nSPS) is 13.8. The van der Waals surface area contributed by atoms with Crippen molar-refractivity contribution in [3.8, 4) is 44.8 Å². The van der Waals surface area contributed by atoms with E-state index in [2.05, 4.69) is 397 Å². The van der Waals surface area contributed by atoms with Gasteiger partial charge in [0.2, 0.25) is 0 Å². The molecular weight excluding hydrogens is 1230 g/mol. The topological polar surface area (TPSA) is 16.3 Å². The number of hydrogen-bond donors (Lipinski definition) is 0. The average molecular weight is 1310 g/mol. The third kappa shape index (κ3) is 9.22. The first-order valence-corrected chi connectivity index (χ1v) is 36.3. The van der Waals surface area contributed by atoms with Crippen LogP contribution in [0.1, 0.15) is 101 Å². The van der Waals surface area contributed by atoms with Crippen LogP contribution in [0.25, 0.3) is 88.4 Å². The number of nitrogens with zero attached hydrogens (tertiary/aromatic N) is 4. The fourth-order valence-corrected chi connectivity index (χ4v) is 17.7. The van der Waals surface area contributed by atoms with Crippen LogP contribution in [0.3, 0.4) is 0 Å². The molecule has 3 aliphatic rings. The lowest BCUT2D eigenvalue weighted by molar-refractivity contribution is 0.590. The summed E-state index contributed by atoms with van der Waals surface area (Å²) in [6, 6.07) is 121. The smallest absolute Gasteiger partial charge is 0.252 e. The molecule has 0 saturated carbocycles. The van der Waals surface area contributed by atoms with Gasteiger partial charge in [-0.1, -0.05) is 287 Å². The minimum Gasteiger partial charge on any atom is -0.311 e. The maximum atomic E-state index is 2.69. The summed E-state index contributed by atoms with van der Waals surface area (Å²) in [5.74, 6) is 0. The van der Waals surface area contributed by atoms with Crippen LogP contribution < -0.4 is 26.2 Å². The van der Waals surface area contributed by atoms with Crippen molar-refractivity contribution >= 4 is 101 Å². The van der Waals surface area contributed by atoms with Gasteiger partial charge in [-0.15, -0.1) is 0 Å². The molecule has 16 aromatic rings. The molecule has 0 bridgehead atoms. The Morgan fingerprint density at radius 3 is 1.13 bits per heavy atom. The number of benzene rings is 14. The minimum atomic E-state index is -0.587. The van der Waals surface area contributed by atoms with Gasteiger partial charge in [0.15, 0.2) is 0 Å². The highest BCUT2D eigenvalue weighted by Crippen LogP contribution is 2.58. The summed E-state index contributed by atoms with van der Waals surface area (Å²) in [5, 5.41) is 4.93. The first-order valence-electron chi connectivity index (χ1n) is 36.3. The molecular formula is C97H79BN4. The number of rotatable bonds is 8. The van der Waals surface area contributed by atoms with E-state index in [9.17, 15) is 0 Å². The highest BCUT2D eigenvalue weighted by atomic mass is 15.2. The Balaban J connectivity index is 0.939. The number of hydrogen-bond acceptors (Lipinski definition) is 2. The first-order chi connectivity index (χ1) is 49.5. The SMILES string of the molecule is CC(C)(C)c1ccc(N2c3cc(-n4c5ccccc5c5ccccc54)ccc3B3c4ccc(-n5c6ccccc6c6cc7c(cc65)C(c5ccccc5)(c5ccccc5)c5ccccc5-7)cc4N(c4ccc(C(C)(C)C)cc4-c4ccccc4)c4cc(C(C)(C)C)cc2c43)c(-c2ccccc2)c1. The fourth-order valence-electron chi connectivity index (χ4n) is 17.7. The van der Waals surface area contributed by atoms with Gasteiger partial charge in [0.1, 0.15) is 0 Å². The fraction of sp³-hybridized carbons (Fsp3) is 0.134. The Kier molecular flexibility index (Phi) is 13.7. The van der Waals surface area contributed by atoms with Gasteiger partial charge in [-0.25, -0.2) is 0 Å². The second kappa shape index (κ2) is 22.7. The summed E-state index contributed by atoms with van der Waals surface area (Å²) in [6.45, 7) is 21.0. The van der Waals surface area contributed by atoms with E-state index in [1.807, 2.05) is 0 Å². The molecule has 19 rings (SSSR count). The molecule has 2 aromatic heterocycles. The van der Waals surface area contributed by atoms with Crippen LogP contribution in [0.15, 0.2) is 315 Å². The van der Waals surface area contributed by atoms with Gasteiger partial charge in [-0.3, -0.25) is 0 Å². The van der Waals surface area contributed by atoms with Crippen molar-refractivity contribution in [3.63, 3.8) is 0 Å². The lowest BCUT2D eigenvalue weighted by atomic mass is 9.33. The maximum absolute atomic E-state index is 2.69. The van der Waals surface area contributed by atoms with E-state index in [-0.39, 0.29) is 23.0 Å². The highest BCUT2D eigenvalue weighted by Gasteiger charge is 2.48. The molecule has 0 spiro atoms. The number of fused-ring (bicyclic) bond motifs is 13. The molecule has 490 valence electrons. The molecule has 2 aliphatic heterocycles. The van der Waals surface area contributed by atoms with Gasteiger partial charge in [0, 0.05) is 66.8 Å². The van der Waals surface area contributed by atoms with Crippen molar-refractivity contribution in [2.24, 2.45) is 0 Å². The summed E-state index contributed by atoms with van der Waals surface area (Å²) in [4.78, 5) is 5.36. The summed E-state index contributed by atoms with van der Waals surface area (Å²) in [7, 11) is 0. The third-order valence-electron chi connectivity index (χ3n) is 22.6. The van der Waals surface area contributed by atoms with E-state index >= 15 is 0 Å². The van der Waals surface area contributed by atoms with Crippen molar-refractivity contribution < 1.29 is 0 Å². The van der Waals surface area contributed by atoms with E-state index in [0.29, 0.717) is 0 Å². The molecule has 14 aromatic carbocycles. The van der Waals surface area contributed by atoms with E-state index in [1.165, 1.54) is 138 Å². The Labute approximate surface area is 599 Å².